The minimum atomic E-state index is -0.540. The number of nitrogens with one attached hydrogen (secondary N) is 3. The summed E-state index contributed by atoms with van der Waals surface area (Å²) in [5.41, 5.74) is 7.08. The van der Waals surface area contributed by atoms with Gasteiger partial charge < -0.3 is 26.1 Å². The van der Waals surface area contributed by atoms with Gasteiger partial charge in [-0.3, -0.25) is 9.59 Å². The molecule has 3 atom stereocenters. The molecular formula is C17H30N4O3. The van der Waals surface area contributed by atoms with Gasteiger partial charge in [-0.1, -0.05) is 13.8 Å². The lowest BCUT2D eigenvalue weighted by atomic mass is 10.0. The fourth-order valence-electron chi connectivity index (χ4n) is 2.30. The van der Waals surface area contributed by atoms with Crippen molar-refractivity contribution in [3.63, 3.8) is 0 Å². The summed E-state index contributed by atoms with van der Waals surface area (Å²) in [5.74, 6) is -0.365. The highest BCUT2D eigenvalue weighted by molar-refractivity contribution is 5.89. The molecule has 7 heteroatoms. The lowest BCUT2D eigenvalue weighted by molar-refractivity contribution is -0.130. The summed E-state index contributed by atoms with van der Waals surface area (Å²) in [7, 11) is 0. The lowest BCUT2D eigenvalue weighted by Crippen LogP contribution is -2.55. The third-order valence-electron chi connectivity index (χ3n) is 3.76. The van der Waals surface area contributed by atoms with Crippen LogP contribution in [0.15, 0.2) is 23.0 Å². The molecule has 0 radical (unpaired) electrons. The second-order valence-corrected chi connectivity index (χ2v) is 6.35. The third kappa shape index (κ3) is 6.72. The normalized spacial score (nSPS) is 14.9. The fourth-order valence-corrected chi connectivity index (χ4v) is 2.30. The number of hydrogen-bond donors (Lipinski definition) is 4. The second kappa shape index (κ2) is 10.1. The zero-order valence-electron chi connectivity index (χ0n) is 15.0. The van der Waals surface area contributed by atoms with Gasteiger partial charge in [-0.15, -0.1) is 0 Å². The Kier molecular flexibility index (Phi) is 8.49. The van der Waals surface area contributed by atoms with E-state index < -0.39 is 12.1 Å². The number of furan rings is 1. The van der Waals surface area contributed by atoms with Crippen LogP contribution in [-0.2, 0) is 16.0 Å². The van der Waals surface area contributed by atoms with Gasteiger partial charge in [0.25, 0.3) is 0 Å². The number of amides is 2. The molecule has 0 saturated heterocycles. The van der Waals surface area contributed by atoms with Gasteiger partial charge in [0.1, 0.15) is 6.04 Å². The lowest BCUT2D eigenvalue weighted by Gasteiger charge is -2.24. The summed E-state index contributed by atoms with van der Waals surface area (Å²) in [4.78, 5) is 24.3. The van der Waals surface area contributed by atoms with E-state index in [4.69, 9.17) is 10.2 Å². The fraction of sp³-hybridized carbons (Fsp3) is 0.647. The zero-order valence-corrected chi connectivity index (χ0v) is 15.0. The maximum Gasteiger partial charge on any atom is 0.242 e. The molecule has 0 bridgehead atoms. The Morgan fingerprint density at radius 1 is 1.25 bits per heavy atom. The molecule has 1 aromatic rings. The van der Waals surface area contributed by atoms with Crippen LogP contribution in [0.2, 0.25) is 0 Å². The standard InChI is InChI=1S/C17H30N4O3/c1-5-19-17(23)15(11(2)3)21-16(22)12(4)20-9-14(18)8-13-6-7-24-10-13/h6-7,10-12,14-15,20H,5,8-9,18H2,1-4H3,(H,19,23)(H,21,22)/t12-,14?,15-/m0/s1. The van der Waals surface area contributed by atoms with E-state index in [2.05, 4.69) is 16.0 Å². The molecule has 5 N–H and O–H groups in total. The second-order valence-electron chi connectivity index (χ2n) is 6.35. The highest BCUT2D eigenvalue weighted by atomic mass is 16.3. The monoisotopic (exact) mass is 338 g/mol. The Morgan fingerprint density at radius 3 is 2.50 bits per heavy atom. The van der Waals surface area contributed by atoms with Crippen LogP contribution in [0.3, 0.4) is 0 Å². The quantitative estimate of drug-likeness (QED) is 0.494. The van der Waals surface area contributed by atoms with E-state index in [0.29, 0.717) is 19.5 Å². The van der Waals surface area contributed by atoms with Gasteiger partial charge in [-0.25, -0.2) is 0 Å². The number of likely N-dealkylation sites (N-methyl/N-ethyl adjacent to an activating group) is 1. The molecule has 1 heterocycles. The van der Waals surface area contributed by atoms with Crippen molar-refractivity contribution in [2.75, 3.05) is 13.1 Å². The van der Waals surface area contributed by atoms with E-state index in [1.54, 1.807) is 19.5 Å². The molecule has 0 aliphatic rings. The molecule has 0 aliphatic heterocycles. The molecule has 1 rings (SSSR count). The maximum absolute atomic E-state index is 12.3. The molecule has 2 amide bonds. The van der Waals surface area contributed by atoms with E-state index in [9.17, 15) is 9.59 Å². The van der Waals surface area contributed by atoms with Crippen molar-refractivity contribution in [3.05, 3.63) is 24.2 Å². The van der Waals surface area contributed by atoms with Crippen LogP contribution < -0.4 is 21.7 Å². The Labute approximate surface area is 143 Å². The van der Waals surface area contributed by atoms with Crippen molar-refractivity contribution in [1.29, 1.82) is 0 Å². The minimum absolute atomic E-state index is 0.0102. The summed E-state index contributed by atoms with van der Waals surface area (Å²) in [6.07, 6.45) is 3.94. The van der Waals surface area contributed by atoms with Crippen LogP contribution in [0.1, 0.15) is 33.3 Å². The van der Waals surface area contributed by atoms with Crippen LogP contribution in [0.25, 0.3) is 0 Å². The third-order valence-corrected chi connectivity index (χ3v) is 3.76. The van der Waals surface area contributed by atoms with Gasteiger partial charge >= 0.3 is 0 Å². The molecule has 0 aromatic carbocycles. The van der Waals surface area contributed by atoms with Crippen molar-refractivity contribution in [2.45, 2.75) is 52.2 Å². The predicted octanol–water partition coefficient (Wildman–Crippen LogP) is 0.404. The maximum atomic E-state index is 12.3. The zero-order chi connectivity index (χ0) is 18.1. The number of nitrogens with two attached hydrogens (primary N) is 1. The molecule has 1 aromatic heterocycles. The van der Waals surface area contributed by atoms with Crippen LogP contribution >= 0.6 is 0 Å². The van der Waals surface area contributed by atoms with E-state index in [-0.39, 0.29) is 23.8 Å². The van der Waals surface area contributed by atoms with Gasteiger partial charge in [0, 0.05) is 19.1 Å². The number of rotatable bonds is 10. The van der Waals surface area contributed by atoms with Gasteiger partial charge in [0.05, 0.1) is 18.6 Å². The van der Waals surface area contributed by atoms with Gasteiger partial charge in [-0.05, 0) is 37.8 Å². The summed E-state index contributed by atoms with van der Waals surface area (Å²) in [5, 5.41) is 8.65. The van der Waals surface area contributed by atoms with Gasteiger partial charge in [0.15, 0.2) is 0 Å². The molecule has 0 spiro atoms. The Morgan fingerprint density at radius 2 is 1.96 bits per heavy atom. The van der Waals surface area contributed by atoms with Crippen LogP contribution in [0, 0.1) is 5.92 Å². The molecule has 24 heavy (non-hydrogen) atoms. The smallest absolute Gasteiger partial charge is 0.242 e. The highest BCUT2D eigenvalue weighted by Crippen LogP contribution is 2.04. The Hall–Kier alpha value is -1.86. The highest BCUT2D eigenvalue weighted by Gasteiger charge is 2.25. The molecule has 1 unspecified atom stereocenters. The van der Waals surface area contributed by atoms with Crippen molar-refractivity contribution in [3.8, 4) is 0 Å². The molecule has 7 nitrogen and oxygen atoms in total. The van der Waals surface area contributed by atoms with E-state index in [1.807, 2.05) is 26.8 Å². The molecule has 0 aliphatic carbocycles. The van der Waals surface area contributed by atoms with Crippen LogP contribution in [0.5, 0.6) is 0 Å². The van der Waals surface area contributed by atoms with Crippen molar-refractivity contribution in [2.24, 2.45) is 11.7 Å². The Bertz CT molecular complexity index is 502. The Balaban J connectivity index is 2.43. The van der Waals surface area contributed by atoms with Crippen LogP contribution in [0.4, 0.5) is 0 Å². The molecule has 0 saturated carbocycles. The van der Waals surface area contributed by atoms with E-state index in [1.165, 1.54) is 0 Å². The summed E-state index contributed by atoms with van der Waals surface area (Å²) in [6.45, 7) is 8.44. The largest absolute Gasteiger partial charge is 0.472 e. The van der Waals surface area contributed by atoms with Gasteiger partial charge in [0.2, 0.25) is 11.8 Å². The minimum Gasteiger partial charge on any atom is -0.472 e. The summed E-state index contributed by atoms with van der Waals surface area (Å²) < 4.78 is 5.01. The number of hydrogen-bond acceptors (Lipinski definition) is 5. The van der Waals surface area contributed by atoms with Gasteiger partial charge in [-0.2, -0.15) is 0 Å². The van der Waals surface area contributed by atoms with Crippen molar-refractivity contribution < 1.29 is 14.0 Å². The first-order valence-corrected chi connectivity index (χ1v) is 8.43. The number of carbonyl (C=O) groups is 2. The van der Waals surface area contributed by atoms with Crippen molar-refractivity contribution >= 4 is 11.8 Å². The molecular weight excluding hydrogens is 308 g/mol. The first-order chi connectivity index (χ1) is 11.3. The molecule has 136 valence electrons. The first kappa shape index (κ1) is 20.2. The topological polar surface area (TPSA) is 109 Å². The molecule has 0 fully saturated rings. The SMILES string of the molecule is CCNC(=O)[C@@H](NC(=O)[C@H](C)NCC(N)Cc1ccoc1)C(C)C. The number of carbonyl (C=O) groups excluding carboxylic acids is 2. The summed E-state index contributed by atoms with van der Waals surface area (Å²) in [6, 6.07) is 0.773. The van der Waals surface area contributed by atoms with E-state index in [0.717, 1.165) is 5.56 Å². The predicted molar refractivity (Wildman–Crippen MR) is 93.3 cm³/mol. The summed E-state index contributed by atoms with van der Waals surface area (Å²) >= 11 is 0. The average molecular weight is 338 g/mol. The van der Waals surface area contributed by atoms with E-state index >= 15 is 0 Å². The first-order valence-electron chi connectivity index (χ1n) is 8.43. The average Bonchev–Trinajstić information content (AvgIpc) is 3.02. The van der Waals surface area contributed by atoms with Crippen molar-refractivity contribution in [1.82, 2.24) is 16.0 Å². The van der Waals surface area contributed by atoms with Crippen LogP contribution in [-0.4, -0.2) is 43.0 Å².